The highest BCUT2D eigenvalue weighted by atomic mass is 15.1. The van der Waals surface area contributed by atoms with Crippen LogP contribution in [0.4, 0.5) is 5.69 Å². The van der Waals surface area contributed by atoms with Crippen LogP contribution >= 0.6 is 0 Å². The van der Waals surface area contributed by atoms with Gasteiger partial charge in [-0.05, 0) is 35.7 Å². The highest BCUT2D eigenvalue weighted by Gasteiger charge is 2.12. The van der Waals surface area contributed by atoms with Crippen LogP contribution in [0.15, 0.2) is 48.8 Å². The van der Waals surface area contributed by atoms with Crippen molar-refractivity contribution in [3.8, 4) is 0 Å². The lowest BCUT2D eigenvalue weighted by molar-refractivity contribution is 0.694. The minimum absolute atomic E-state index is 0.0936. The smallest absolute Gasteiger partial charge is 0.0427 e. The average molecular weight is 255 g/mol. The fraction of sp³-hybridized carbons (Fsp3) is 0.312. The van der Waals surface area contributed by atoms with E-state index in [1.807, 2.05) is 24.5 Å². The summed E-state index contributed by atoms with van der Waals surface area (Å²) in [5.74, 6) is 0. The van der Waals surface area contributed by atoms with E-state index in [4.69, 9.17) is 5.73 Å². The lowest BCUT2D eigenvalue weighted by Gasteiger charge is -2.24. The third-order valence-electron chi connectivity index (χ3n) is 3.36. The molecule has 3 nitrogen and oxygen atoms in total. The summed E-state index contributed by atoms with van der Waals surface area (Å²) in [6.45, 7) is 2.97. The molecule has 1 aromatic carbocycles. The van der Waals surface area contributed by atoms with Crippen LogP contribution in [0.25, 0.3) is 0 Å². The van der Waals surface area contributed by atoms with Crippen LogP contribution in [0.2, 0.25) is 0 Å². The Balaban J connectivity index is 2.21. The van der Waals surface area contributed by atoms with Gasteiger partial charge < -0.3 is 10.6 Å². The lowest BCUT2D eigenvalue weighted by atomic mass is 10.0. The highest BCUT2D eigenvalue weighted by molar-refractivity contribution is 5.54. The molecule has 19 heavy (non-hydrogen) atoms. The summed E-state index contributed by atoms with van der Waals surface area (Å²) >= 11 is 0. The number of anilines is 1. The molecule has 100 valence electrons. The SMILES string of the molecule is CC[C@@H](N)c1ccccc1N(C)Cc1ccncc1. The molecule has 0 aliphatic carbocycles. The van der Waals surface area contributed by atoms with Gasteiger partial charge in [0, 0.05) is 37.7 Å². The number of nitrogens with two attached hydrogens (primary N) is 1. The van der Waals surface area contributed by atoms with Crippen molar-refractivity contribution in [3.63, 3.8) is 0 Å². The monoisotopic (exact) mass is 255 g/mol. The summed E-state index contributed by atoms with van der Waals surface area (Å²) in [4.78, 5) is 6.28. The first-order valence-corrected chi connectivity index (χ1v) is 6.67. The van der Waals surface area contributed by atoms with E-state index in [1.54, 1.807) is 0 Å². The van der Waals surface area contributed by atoms with Gasteiger partial charge in [0.2, 0.25) is 0 Å². The largest absolute Gasteiger partial charge is 0.370 e. The Hall–Kier alpha value is -1.87. The van der Waals surface area contributed by atoms with E-state index in [-0.39, 0.29) is 6.04 Å². The molecule has 0 amide bonds. The van der Waals surface area contributed by atoms with E-state index < -0.39 is 0 Å². The number of rotatable bonds is 5. The van der Waals surface area contributed by atoms with Crippen LogP contribution < -0.4 is 10.6 Å². The number of aromatic nitrogens is 1. The van der Waals surface area contributed by atoms with Gasteiger partial charge in [-0.25, -0.2) is 0 Å². The minimum atomic E-state index is 0.0936. The molecule has 0 spiro atoms. The molecule has 0 aliphatic heterocycles. The van der Waals surface area contributed by atoms with Gasteiger partial charge in [-0.15, -0.1) is 0 Å². The van der Waals surface area contributed by atoms with E-state index in [1.165, 1.54) is 16.8 Å². The number of hydrogen-bond acceptors (Lipinski definition) is 3. The summed E-state index contributed by atoms with van der Waals surface area (Å²) in [6, 6.07) is 12.5. The Morgan fingerprint density at radius 1 is 1.16 bits per heavy atom. The van der Waals surface area contributed by atoms with Gasteiger partial charge in [-0.1, -0.05) is 25.1 Å². The van der Waals surface area contributed by atoms with E-state index in [9.17, 15) is 0 Å². The fourth-order valence-electron chi connectivity index (χ4n) is 2.22. The van der Waals surface area contributed by atoms with Crippen molar-refractivity contribution < 1.29 is 0 Å². The van der Waals surface area contributed by atoms with Crippen LogP contribution in [0, 0.1) is 0 Å². The normalized spacial score (nSPS) is 12.2. The number of para-hydroxylation sites is 1. The molecule has 1 aromatic heterocycles. The topological polar surface area (TPSA) is 42.1 Å². The predicted octanol–water partition coefficient (Wildman–Crippen LogP) is 3.13. The van der Waals surface area contributed by atoms with Gasteiger partial charge in [0.15, 0.2) is 0 Å². The van der Waals surface area contributed by atoms with Gasteiger partial charge in [0.25, 0.3) is 0 Å². The number of pyridine rings is 1. The van der Waals surface area contributed by atoms with Gasteiger partial charge in [-0.2, -0.15) is 0 Å². The molecule has 1 atom stereocenters. The maximum Gasteiger partial charge on any atom is 0.0427 e. The average Bonchev–Trinajstić information content (AvgIpc) is 2.47. The molecule has 0 saturated carbocycles. The van der Waals surface area contributed by atoms with Crippen molar-refractivity contribution in [2.24, 2.45) is 5.73 Å². The first-order valence-electron chi connectivity index (χ1n) is 6.67. The number of hydrogen-bond donors (Lipinski definition) is 1. The van der Waals surface area contributed by atoms with E-state index in [0.29, 0.717) is 0 Å². The van der Waals surface area contributed by atoms with Crippen LogP contribution in [-0.4, -0.2) is 12.0 Å². The summed E-state index contributed by atoms with van der Waals surface area (Å²) < 4.78 is 0. The van der Waals surface area contributed by atoms with Crippen LogP contribution in [0.1, 0.15) is 30.5 Å². The van der Waals surface area contributed by atoms with Crippen molar-refractivity contribution >= 4 is 5.69 Å². The Morgan fingerprint density at radius 3 is 2.53 bits per heavy atom. The van der Waals surface area contributed by atoms with E-state index in [2.05, 4.69) is 48.1 Å². The maximum absolute atomic E-state index is 6.19. The van der Waals surface area contributed by atoms with Crippen LogP contribution in [-0.2, 0) is 6.54 Å². The highest BCUT2D eigenvalue weighted by Crippen LogP contribution is 2.26. The lowest BCUT2D eigenvalue weighted by Crippen LogP contribution is -2.20. The molecule has 0 radical (unpaired) electrons. The van der Waals surface area contributed by atoms with Gasteiger partial charge in [0.05, 0.1) is 0 Å². The van der Waals surface area contributed by atoms with Crippen LogP contribution in [0.5, 0.6) is 0 Å². The second-order valence-corrected chi connectivity index (χ2v) is 4.79. The van der Waals surface area contributed by atoms with Gasteiger partial charge in [0.1, 0.15) is 0 Å². The Bertz CT molecular complexity index is 510. The van der Waals surface area contributed by atoms with Crippen molar-refractivity contribution in [2.45, 2.75) is 25.9 Å². The quantitative estimate of drug-likeness (QED) is 0.892. The molecule has 0 saturated heterocycles. The maximum atomic E-state index is 6.19. The van der Waals surface area contributed by atoms with Crippen LogP contribution in [0.3, 0.4) is 0 Å². The van der Waals surface area contributed by atoms with E-state index in [0.717, 1.165) is 13.0 Å². The molecule has 2 rings (SSSR count). The molecule has 0 aliphatic rings. The summed E-state index contributed by atoms with van der Waals surface area (Å²) in [6.07, 6.45) is 4.60. The first-order chi connectivity index (χ1) is 9.22. The van der Waals surface area contributed by atoms with Gasteiger partial charge in [-0.3, -0.25) is 4.98 Å². The summed E-state index contributed by atoms with van der Waals surface area (Å²) in [5, 5.41) is 0. The molecule has 0 unspecified atom stereocenters. The van der Waals surface area contributed by atoms with Crippen molar-refractivity contribution in [1.29, 1.82) is 0 Å². The summed E-state index contributed by atoms with van der Waals surface area (Å²) in [5.41, 5.74) is 9.85. The zero-order chi connectivity index (χ0) is 13.7. The molecular weight excluding hydrogens is 234 g/mol. The van der Waals surface area contributed by atoms with Crippen molar-refractivity contribution in [3.05, 3.63) is 59.9 Å². The zero-order valence-electron chi connectivity index (χ0n) is 11.6. The number of nitrogens with zero attached hydrogens (tertiary/aromatic N) is 2. The first kappa shape index (κ1) is 13.6. The minimum Gasteiger partial charge on any atom is -0.370 e. The van der Waals surface area contributed by atoms with E-state index >= 15 is 0 Å². The van der Waals surface area contributed by atoms with Gasteiger partial charge >= 0.3 is 0 Å². The third-order valence-corrected chi connectivity index (χ3v) is 3.36. The third kappa shape index (κ3) is 3.32. The molecule has 3 heteroatoms. The molecular formula is C16H21N3. The van der Waals surface area contributed by atoms with Crippen molar-refractivity contribution in [1.82, 2.24) is 4.98 Å². The summed E-state index contributed by atoms with van der Waals surface area (Å²) in [7, 11) is 2.10. The Labute approximate surface area is 115 Å². The van der Waals surface area contributed by atoms with Crippen molar-refractivity contribution in [2.75, 3.05) is 11.9 Å². The zero-order valence-corrected chi connectivity index (χ0v) is 11.6. The molecule has 2 aromatic rings. The fourth-order valence-corrected chi connectivity index (χ4v) is 2.22. The second kappa shape index (κ2) is 6.34. The standard InChI is InChI=1S/C16H21N3/c1-3-15(17)14-6-4-5-7-16(14)19(2)12-13-8-10-18-11-9-13/h4-11,15H,3,12,17H2,1-2H3/t15-/m1/s1. The molecule has 0 fully saturated rings. The number of benzene rings is 1. The Kier molecular flexibility index (Phi) is 4.53. The molecule has 2 N–H and O–H groups in total. The Morgan fingerprint density at radius 2 is 1.84 bits per heavy atom. The molecule has 0 bridgehead atoms. The predicted molar refractivity (Wildman–Crippen MR) is 80.0 cm³/mol. The second-order valence-electron chi connectivity index (χ2n) is 4.79. The molecule has 1 heterocycles.